The molecule has 25 heavy (non-hydrogen) atoms. The van der Waals surface area contributed by atoms with Crippen molar-refractivity contribution in [3.05, 3.63) is 28.3 Å². The van der Waals surface area contributed by atoms with Crippen LogP contribution in [0.3, 0.4) is 0 Å². The van der Waals surface area contributed by atoms with E-state index in [2.05, 4.69) is 10.3 Å². The van der Waals surface area contributed by atoms with Crippen molar-refractivity contribution in [1.29, 1.82) is 0 Å². The fourth-order valence-corrected chi connectivity index (χ4v) is 4.22. The lowest BCUT2D eigenvalue weighted by Crippen LogP contribution is -2.40. The normalized spacial score (nSPS) is 20.8. The molecule has 0 aromatic carbocycles. The van der Waals surface area contributed by atoms with Crippen LogP contribution in [0.1, 0.15) is 40.2 Å². The van der Waals surface area contributed by atoms with Gasteiger partial charge in [-0.3, -0.25) is 9.59 Å². The SMILES string of the molecule is Cc1c(C(=O)N[C@@H]2CCC[C@@H]2C(=O)O)sc2nc(C(F)(F)F)ccc12. The summed E-state index contributed by atoms with van der Waals surface area (Å²) in [6.07, 6.45) is -2.76. The van der Waals surface area contributed by atoms with Gasteiger partial charge in [-0.2, -0.15) is 13.2 Å². The predicted molar refractivity (Wildman–Crippen MR) is 85.6 cm³/mol. The molecular weight excluding hydrogens is 357 g/mol. The van der Waals surface area contributed by atoms with Crippen molar-refractivity contribution >= 4 is 33.4 Å². The second-order valence-electron chi connectivity index (χ2n) is 6.06. The van der Waals surface area contributed by atoms with E-state index in [4.69, 9.17) is 0 Å². The molecule has 0 bridgehead atoms. The second kappa shape index (κ2) is 6.29. The van der Waals surface area contributed by atoms with E-state index in [1.165, 1.54) is 6.07 Å². The molecule has 2 aromatic heterocycles. The smallest absolute Gasteiger partial charge is 0.433 e. The van der Waals surface area contributed by atoms with Gasteiger partial charge in [0.1, 0.15) is 10.5 Å². The molecule has 0 spiro atoms. The van der Waals surface area contributed by atoms with Gasteiger partial charge in [0.25, 0.3) is 5.91 Å². The van der Waals surface area contributed by atoms with Crippen LogP contribution in [-0.2, 0) is 11.0 Å². The molecule has 9 heteroatoms. The lowest BCUT2D eigenvalue weighted by molar-refractivity contribution is -0.142. The average Bonchev–Trinajstić information content (AvgIpc) is 3.11. The number of carboxylic acid groups (broad SMARTS) is 1. The van der Waals surface area contributed by atoms with Crippen molar-refractivity contribution in [3.63, 3.8) is 0 Å². The number of halogens is 3. The zero-order valence-electron chi connectivity index (χ0n) is 13.2. The molecule has 2 aromatic rings. The summed E-state index contributed by atoms with van der Waals surface area (Å²) in [6.45, 7) is 1.64. The van der Waals surface area contributed by atoms with E-state index in [0.717, 1.165) is 17.4 Å². The van der Waals surface area contributed by atoms with Crippen molar-refractivity contribution in [3.8, 4) is 0 Å². The number of aryl methyl sites for hydroxylation is 1. The minimum Gasteiger partial charge on any atom is -0.481 e. The Morgan fingerprint density at radius 1 is 1.32 bits per heavy atom. The van der Waals surface area contributed by atoms with E-state index in [9.17, 15) is 27.9 Å². The first-order valence-electron chi connectivity index (χ1n) is 7.69. The van der Waals surface area contributed by atoms with Crippen molar-refractivity contribution in [1.82, 2.24) is 10.3 Å². The first kappa shape index (κ1) is 17.7. The number of carbonyl (C=O) groups excluding carboxylic acids is 1. The van der Waals surface area contributed by atoms with E-state index in [-0.39, 0.29) is 9.71 Å². The van der Waals surface area contributed by atoms with Crippen LogP contribution >= 0.6 is 11.3 Å². The highest BCUT2D eigenvalue weighted by molar-refractivity contribution is 7.20. The van der Waals surface area contributed by atoms with Gasteiger partial charge in [-0.15, -0.1) is 11.3 Å². The fraction of sp³-hybridized carbons (Fsp3) is 0.438. The number of hydrogen-bond donors (Lipinski definition) is 2. The van der Waals surface area contributed by atoms with Gasteiger partial charge in [0.15, 0.2) is 0 Å². The zero-order chi connectivity index (χ0) is 18.4. The monoisotopic (exact) mass is 372 g/mol. The van der Waals surface area contributed by atoms with Crippen LogP contribution in [0.4, 0.5) is 13.2 Å². The van der Waals surface area contributed by atoms with Gasteiger partial charge in [0, 0.05) is 11.4 Å². The molecule has 2 heterocycles. The number of thiophene rings is 1. The Hall–Kier alpha value is -2.16. The van der Waals surface area contributed by atoms with Gasteiger partial charge in [0.2, 0.25) is 0 Å². The van der Waals surface area contributed by atoms with Crippen LogP contribution in [0, 0.1) is 12.8 Å². The first-order valence-corrected chi connectivity index (χ1v) is 8.51. The molecule has 1 aliphatic rings. The van der Waals surface area contributed by atoms with Gasteiger partial charge < -0.3 is 10.4 Å². The summed E-state index contributed by atoms with van der Waals surface area (Å²) < 4.78 is 38.3. The number of rotatable bonds is 3. The topological polar surface area (TPSA) is 79.3 Å². The zero-order valence-corrected chi connectivity index (χ0v) is 14.0. The summed E-state index contributed by atoms with van der Waals surface area (Å²) in [6, 6.07) is 1.73. The molecule has 0 radical (unpaired) electrons. The van der Waals surface area contributed by atoms with Crippen LogP contribution in [0.15, 0.2) is 12.1 Å². The molecule has 0 saturated heterocycles. The third-order valence-corrected chi connectivity index (χ3v) is 5.65. The number of alkyl halides is 3. The molecule has 0 aliphatic heterocycles. The number of carbonyl (C=O) groups is 2. The van der Waals surface area contributed by atoms with E-state index < -0.39 is 35.7 Å². The van der Waals surface area contributed by atoms with Crippen molar-refractivity contribution in [2.45, 2.75) is 38.4 Å². The molecule has 1 saturated carbocycles. The van der Waals surface area contributed by atoms with Crippen LogP contribution in [0.5, 0.6) is 0 Å². The predicted octanol–water partition coefficient (Wildman–Crippen LogP) is 3.61. The highest BCUT2D eigenvalue weighted by Gasteiger charge is 2.35. The highest BCUT2D eigenvalue weighted by atomic mass is 32.1. The molecule has 5 nitrogen and oxygen atoms in total. The molecule has 134 valence electrons. The van der Waals surface area contributed by atoms with E-state index in [0.29, 0.717) is 30.2 Å². The Kier molecular flexibility index (Phi) is 4.44. The maximum atomic E-state index is 12.8. The van der Waals surface area contributed by atoms with E-state index in [1.54, 1.807) is 6.92 Å². The Balaban J connectivity index is 1.89. The van der Waals surface area contributed by atoms with Crippen LogP contribution in [0.2, 0.25) is 0 Å². The summed E-state index contributed by atoms with van der Waals surface area (Å²) in [5, 5.41) is 12.4. The Labute approximate surface area is 144 Å². The minimum absolute atomic E-state index is 0.138. The summed E-state index contributed by atoms with van der Waals surface area (Å²) in [4.78, 5) is 27.7. The van der Waals surface area contributed by atoms with Crippen LogP contribution in [-0.4, -0.2) is 28.0 Å². The van der Waals surface area contributed by atoms with Crippen molar-refractivity contribution < 1.29 is 27.9 Å². The fourth-order valence-electron chi connectivity index (χ4n) is 3.14. The van der Waals surface area contributed by atoms with E-state index >= 15 is 0 Å². The maximum Gasteiger partial charge on any atom is 0.433 e. The van der Waals surface area contributed by atoms with Gasteiger partial charge in [-0.25, -0.2) is 4.98 Å². The van der Waals surface area contributed by atoms with Gasteiger partial charge >= 0.3 is 12.1 Å². The average molecular weight is 372 g/mol. The molecule has 1 fully saturated rings. The van der Waals surface area contributed by atoms with Crippen molar-refractivity contribution in [2.75, 3.05) is 0 Å². The number of fused-ring (bicyclic) bond motifs is 1. The second-order valence-corrected chi connectivity index (χ2v) is 7.06. The summed E-state index contributed by atoms with van der Waals surface area (Å²) in [5.41, 5.74) is -0.460. The number of nitrogens with zero attached hydrogens (tertiary/aromatic N) is 1. The summed E-state index contributed by atoms with van der Waals surface area (Å²) >= 11 is 0.885. The largest absolute Gasteiger partial charge is 0.481 e. The number of hydrogen-bond acceptors (Lipinski definition) is 4. The Morgan fingerprint density at radius 3 is 2.68 bits per heavy atom. The van der Waals surface area contributed by atoms with Gasteiger partial charge in [0.05, 0.1) is 10.8 Å². The number of pyridine rings is 1. The van der Waals surface area contributed by atoms with Gasteiger partial charge in [-0.05, 0) is 37.5 Å². The standard InChI is InChI=1S/C16H15F3N2O3S/c1-7-8-5-6-11(16(17,18)19)21-14(8)25-12(7)13(22)20-10-4-2-3-9(10)15(23)24/h5-6,9-10H,2-4H2,1H3,(H,20,22)(H,23,24)/t9-,10+/m0/s1. The molecule has 2 N–H and O–H groups in total. The lowest BCUT2D eigenvalue weighted by atomic mass is 10.0. The number of nitrogens with one attached hydrogen (secondary N) is 1. The number of aromatic nitrogens is 1. The molecule has 2 atom stereocenters. The summed E-state index contributed by atoms with van der Waals surface area (Å²) in [7, 11) is 0. The van der Waals surface area contributed by atoms with Gasteiger partial charge in [-0.1, -0.05) is 6.42 Å². The molecule has 0 unspecified atom stereocenters. The molecular formula is C16H15F3N2O3S. The number of aliphatic carboxylic acids is 1. The lowest BCUT2D eigenvalue weighted by Gasteiger charge is -2.17. The quantitative estimate of drug-likeness (QED) is 0.863. The number of carboxylic acids is 1. The Bertz CT molecular complexity index is 847. The molecule has 3 rings (SSSR count). The minimum atomic E-state index is -4.55. The maximum absolute atomic E-state index is 12.8. The Morgan fingerprint density at radius 2 is 2.04 bits per heavy atom. The molecule has 1 aliphatic carbocycles. The first-order chi connectivity index (χ1) is 11.7. The van der Waals surface area contributed by atoms with Crippen LogP contribution < -0.4 is 5.32 Å². The third kappa shape index (κ3) is 3.33. The number of amides is 1. The van der Waals surface area contributed by atoms with E-state index in [1.807, 2.05) is 0 Å². The molecule has 1 amide bonds. The highest BCUT2D eigenvalue weighted by Crippen LogP contribution is 2.34. The van der Waals surface area contributed by atoms with Crippen molar-refractivity contribution in [2.24, 2.45) is 5.92 Å². The summed E-state index contributed by atoms with van der Waals surface area (Å²) in [5.74, 6) is -2.05. The van der Waals surface area contributed by atoms with Crippen LogP contribution in [0.25, 0.3) is 10.2 Å². The third-order valence-electron chi connectivity index (χ3n) is 4.45.